The van der Waals surface area contributed by atoms with Crippen molar-refractivity contribution in [3.8, 4) is 29.0 Å². The topological polar surface area (TPSA) is 27.0 Å². The minimum Gasteiger partial charge on any atom is -0.311 e. The van der Waals surface area contributed by atoms with Gasteiger partial charge in [0, 0.05) is 28.2 Å². The monoisotopic (exact) mass is 949 g/mol. The third kappa shape index (κ3) is 9.24. The zero-order valence-electron chi connectivity index (χ0n) is 43.8. The first-order chi connectivity index (χ1) is 33.5. The van der Waals surface area contributed by atoms with Gasteiger partial charge in [-0.3, -0.25) is 0 Å². The van der Waals surface area contributed by atoms with Crippen LogP contribution in [0.5, 0.6) is 0 Å². The smallest absolute Gasteiger partial charge is 0.146 e. The van der Waals surface area contributed by atoms with Crippen molar-refractivity contribution >= 4 is 76.3 Å². The Hall–Kier alpha value is -6.36. The molecule has 0 radical (unpaired) electrons. The van der Waals surface area contributed by atoms with Crippen molar-refractivity contribution in [2.45, 2.75) is 135 Å². The van der Waals surface area contributed by atoms with Crippen molar-refractivity contribution in [2.75, 3.05) is 4.90 Å². The van der Waals surface area contributed by atoms with Crippen molar-refractivity contribution in [1.29, 1.82) is 5.26 Å². The summed E-state index contributed by atoms with van der Waals surface area (Å²) in [5.41, 5.74) is 17.0. The normalized spacial score (nSPS) is 13.4. The van der Waals surface area contributed by atoms with E-state index in [4.69, 9.17) is 0 Å². The predicted molar refractivity (Wildman–Crippen MR) is 310 cm³/mol. The van der Waals surface area contributed by atoms with Crippen LogP contribution in [-0.2, 0) is 5.41 Å². The summed E-state index contributed by atoms with van der Waals surface area (Å²) in [5.74, 6) is 8.10. The fourth-order valence-electron chi connectivity index (χ4n) is 12.4. The van der Waals surface area contributed by atoms with Crippen LogP contribution in [0, 0.1) is 34.3 Å². The van der Waals surface area contributed by atoms with E-state index in [1.54, 1.807) is 0 Å². The second kappa shape index (κ2) is 20.5. The van der Waals surface area contributed by atoms with Gasteiger partial charge in [-0.25, -0.2) is 0 Å². The molecule has 8 aromatic rings. The third-order valence-electron chi connectivity index (χ3n) is 16.4. The summed E-state index contributed by atoms with van der Waals surface area (Å²) >= 11 is 0. The second-order valence-electron chi connectivity index (χ2n) is 21.8. The highest BCUT2D eigenvalue weighted by Gasteiger charge is 2.45. The maximum Gasteiger partial charge on any atom is 0.146 e. The molecule has 0 aromatic heterocycles. The first-order valence-corrected chi connectivity index (χ1v) is 30.3. The zero-order chi connectivity index (χ0) is 50.0. The van der Waals surface area contributed by atoms with Crippen LogP contribution in [0.25, 0.3) is 43.1 Å². The van der Waals surface area contributed by atoms with E-state index in [1.165, 1.54) is 43.1 Å². The lowest BCUT2D eigenvalue weighted by molar-refractivity contribution is 0.513. The lowest BCUT2D eigenvalue weighted by Gasteiger charge is -2.40. The molecule has 0 aliphatic carbocycles. The minimum absolute atomic E-state index is 0.337. The molecule has 0 spiro atoms. The molecule has 0 N–H and O–H groups in total. The van der Waals surface area contributed by atoms with Gasteiger partial charge >= 0.3 is 0 Å². The first kappa shape index (κ1) is 50.0. The van der Waals surface area contributed by atoms with Gasteiger partial charge in [-0.05, 0) is 156 Å². The summed E-state index contributed by atoms with van der Waals surface area (Å²) in [6.45, 7) is 28.7. The number of nitrogens with zero attached hydrogens (tertiary/aromatic N) is 2. The molecule has 0 saturated heterocycles. The van der Waals surface area contributed by atoms with Gasteiger partial charge in [0.25, 0.3) is 0 Å². The SMILES string of the molecule is CC(C)[Si](C#Cc1c2cc3ccccc3cc2c(C#C[Si](C(C)C)(C(C)C)C(C)CCC(C)(C#N)c2ccc(N(c3ccccc3)c3ccccc3)cc2)c2cc3ccccc3cc12)(C(C)C)C(C)C. The van der Waals surface area contributed by atoms with E-state index in [0.717, 1.165) is 46.6 Å². The summed E-state index contributed by atoms with van der Waals surface area (Å²) in [6.07, 6.45) is 1.67. The third-order valence-corrected chi connectivity index (χ3v) is 29.0. The van der Waals surface area contributed by atoms with E-state index in [0.29, 0.717) is 33.2 Å². The number of hydrogen-bond acceptors (Lipinski definition) is 2. The number of hydrogen-bond donors (Lipinski definition) is 0. The fourth-order valence-corrected chi connectivity index (χ4v) is 23.1. The van der Waals surface area contributed by atoms with Gasteiger partial charge in [-0.1, -0.05) is 191 Å². The highest BCUT2D eigenvalue weighted by atomic mass is 28.3. The highest BCUT2D eigenvalue weighted by Crippen LogP contribution is 2.47. The molecule has 0 saturated carbocycles. The molecule has 8 rings (SSSR count). The lowest BCUT2D eigenvalue weighted by Crippen LogP contribution is -2.44. The molecule has 70 heavy (non-hydrogen) atoms. The van der Waals surface area contributed by atoms with Gasteiger partial charge in [0.05, 0.1) is 11.5 Å². The molecule has 2 nitrogen and oxygen atoms in total. The van der Waals surface area contributed by atoms with E-state index in [9.17, 15) is 5.26 Å². The van der Waals surface area contributed by atoms with E-state index in [-0.39, 0.29) is 0 Å². The van der Waals surface area contributed by atoms with Crippen LogP contribution in [0.15, 0.2) is 158 Å². The van der Waals surface area contributed by atoms with Crippen LogP contribution in [0.2, 0.25) is 33.2 Å². The Morgan fingerprint density at radius 3 is 1.11 bits per heavy atom. The molecule has 0 fully saturated rings. The van der Waals surface area contributed by atoms with Crippen LogP contribution >= 0.6 is 0 Å². The Bertz CT molecular complexity index is 3150. The van der Waals surface area contributed by atoms with Gasteiger partial charge in [0.2, 0.25) is 0 Å². The Morgan fingerprint density at radius 2 is 0.771 bits per heavy atom. The van der Waals surface area contributed by atoms with Crippen LogP contribution in [-0.4, -0.2) is 16.1 Å². The van der Waals surface area contributed by atoms with Crippen molar-refractivity contribution in [3.05, 3.63) is 174 Å². The number of para-hydroxylation sites is 2. The van der Waals surface area contributed by atoms with Crippen LogP contribution in [0.3, 0.4) is 0 Å². The summed E-state index contributed by atoms with van der Waals surface area (Å²) in [7, 11) is -4.49. The van der Waals surface area contributed by atoms with Gasteiger partial charge < -0.3 is 4.90 Å². The van der Waals surface area contributed by atoms with E-state index >= 15 is 0 Å². The molecule has 8 aromatic carbocycles. The van der Waals surface area contributed by atoms with Gasteiger partial charge in [0.15, 0.2) is 0 Å². The molecular weight excluding hydrogens is 877 g/mol. The Kier molecular flexibility index (Phi) is 14.7. The Labute approximate surface area is 422 Å². The highest BCUT2D eigenvalue weighted by molar-refractivity contribution is 6.91. The van der Waals surface area contributed by atoms with E-state index < -0.39 is 21.6 Å². The summed E-state index contributed by atoms with van der Waals surface area (Å²) in [5, 5.41) is 20.6. The zero-order valence-corrected chi connectivity index (χ0v) is 45.8. The first-order valence-electron chi connectivity index (χ1n) is 25.8. The number of fused-ring (bicyclic) bond motifs is 4. The van der Waals surface area contributed by atoms with E-state index in [2.05, 4.69) is 275 Å². The van der Waals surface area contributed by atoms with Crippen molar-refractivity contribution in [3.63, 3.8) is 0 Å². The number of nitriles is 1. The van der Waals surface area contributed by atoms with Gasteiger partial charge in [-0.15, -0.1) is 11.1 Å². The second-order valence-corrected chi connectivity index (χ2v) is 32.8. The number of benzene rings is 8. The summed E-state index contributed by atoms with van der Waals surface area (Å²) in [6, 6.07) is 59.6. The Morgan fingerprint density at radius 1 is 0.443 bits per heavy atom. The van der Waals surface area contributed by atoms with E-state index in [1.807, 2.05) is 0 Å². The summed E-state index contributed by atoms with van der Waals surface area (Å²) < 4.78 is 0. The largest absolute Gasteiger partial charge is 0.311 e. The molecular formula is C66H72N2Si2. The number of rotatable bonds is 13. The lowest BCUT2D eigenvalue weighted by atomic mass is 9.79. The number of anilines is 3. The molecule has 0 aliphatic rings. The van der Waals surface area contributed by atoms with Crippen LogP contribution in [0.1, 0.15) is 113 Å². The molecule has 0 aliphatic heterocycles. The average Bonchev–Trinajstić information content (AvgIpc) is 3.35. The molecule has 354 valence electrons. The fraction of sp³-hybridized carbons (Fsp3) is 0.318. The minimum atomic E-state index is -2.42. The van der Waals surface area contributed by atoms with Crippen LogP contribution < -0.4 is 4.90 Å². The van der Waals surface area contributed by atoms with Crippen molar-refractivity contribution < 1.29 is 0 Å². The molecule has 0 heterocycles. The van der Waals surface area contributed by atoms with Crippen LogP contribution in [0.4, 0.5) is 17.1 Å². The standard InChI is InChI=1S/C66H72N2Si2/c1-46(2)69(47(3)4,48(5)6)39-36-60-62-41-52-23-19-21-25-54(52)43-64(62)61(65-44-55-26-22-20-24-53(55)42-63(60)65)37-40-70(49(7)8,50(9)10)51(11)35-38-66(12,45-67)56-31-33-59(34-32-56)68(57-27-15-13-16-28-57)58-29-17-14-18-30-58/h13-34,41-44,46-51H,35,38H2,1-12H3. The average molecular weight is 949 g/mol. The van der Waals surface area contributed by atoms with Gasteiger partial charge in [-0.2, -0.15) is 5.26 Å². The maximum absolute atomic E-state index is 11.0. The summed E-state index contributed by atoms with van der Waals surface area (Å²) in [4.78, 5) is 2.27. The molecule has 2 unspecified atom stereocenters. The van der Waals surface area contributed by atoms with Gasteiger partial charge in [0.1, 0.15) is 16.1 Å². The molecule has 0 amide bonds. The molecule has 4 heteroatoms. The van der Waals surface area contributed by atoms with Crippen molar-refractivity contribution in [2.24, 2.45) is 0 Å². The Balaban J connectivity index is 1.25. The predicted octanol–water partition coefficient (Wildman–Crippen LogP) is 19.1. The quantitative estimate of drug-likeness (QED) is 0.0654. The van der Waals surface area contributed by atoms with Crippen molar-refractivity contribution in [1.82, 2.24) is 0 Å². The maximum atomic E-state index is 11.0. The molecule has 0 bridgehead atoms. The molecule has 2 atom stereocenters.